The number of nitrogens with zero attached hydrogens (tertiary/aromatic N) is 1. The van der Waals surface area contributed by atoms with Gasteiger partial charge < -0.3 is 11.1 Å². The van der Waals surface area contributed by atoms with Gasteiger partial charge in [-0.1, -0.05) is 23.2 Å². The lowest BCUT2D eigenvalue weighted by Crippen LogP contribution is -2.26. The maximum atomic E-state index is 11.4. The van der Waals surface area contributed by atoms with Crippen LogP contribution in [0.2, 0.25) is 10.0 Å². The largest absolute Gasteiger partial charge is 0.339 e. The van der Waals surface area contributed by atoms with Gasteiger partial charge >= 0.3 is 6.03 Å². The van der Waals surface area contributed by atoms with Crippen molar-refractivity contribution in [1.29, 1.82) is 0 Å². The molecule has 0 unspecified atom stereocenters. The van der Waals surface area contributed by atoms with E-state index in [9.17, 15) is 4.79 Å². The van der Waals surface area contributed by atoms with Crippen LogP contribution in [0.25, 0.3) is 0 Å². The van der Waals surface area contributed by atoms with Gasteiger partial charge in [0.15, 0.2) is 0 Å². The SMILES string of the molecule is C/C(CN)=N\NC(=O)Nc1ccc(Cl)c(Cl)c1. The molecule has 0 atom stereocenters. The van der Waals surface area contributed by atoms with Crippen LogP contribution in [0.4, 0.5) is 10.5 Å². The number of hydrogen-bond acceptors (Lipinski definition) is 3. The Morgan fingerprint density at radius 2 is 2.12 bits per heavy atom. The second-order valence-corrected chi connectivity index (χ2v) is 4.06. The van der Waals surface area contributed by atoms with Crippen LogP contribution in [0.3, 0.4) is 0 Å². The molecule has 1 aromatic rings. The van der Waals surface area contributed by atoms with E-state index in [1.807, 2.05) is 0 Å². The van der Waals surface area contributed by atoms with Gasteiger partial charge in [0.25, 0.3) is 0 Å². The number of rotatable bonds is 3. The molecule has 0 saturated carbocycles. The van der Waals surface area contributed by atoms with Crippen molar-refractivity contribution in [1.82, 2.24) is 5.43 Å². The molecular weight excluding hydrogens is 263 g/mol. The second-order valence-electron chi connectivity index (χ2n) is 3.25. The number of amides is 2. The van der Waals surface area contributed by atoms with Crippen LogP contribution in [0.5, 0.6) is 0 Å². The van der Waals surface area contributed by atoms with E-state index in [0.29, 0.717) is 21.4 Å². The van der Waals surface area contributed by atoms with E-state index in [-0.39, 0.29) is 6.54 Å². The summed E-state index contributed by atoms with van der Waals surface area (Å²) in [5, 5.41) is 7.09. The molecule has 0 aliphatic heterocycles. The van der Waals surface area contributed by atoms with Crippen LogP contribution in [0.1, 0.15) is 6.92 Å². The van der Waals surface area contributed by atoms with Gasteiger partial charge in [0.2, 0.25) is 0 Å². The Kier molecular flexibility index (Phi) is 5.21. The highest BCUT2D eigenvalue weighted by Gasteiger charge is 2.03. The van der Waals surface area contributed by atoms with Gasteiger partial charge in [-0.3, -0.25) is 0 Å². The molecular formula is C10H12Cl2N4O. The van der Waals surface area contributed by atoms with Crippen molar-refractivity contribution in [3.63, 3.8) is 0 Å². The highest BCUT2D eigenvalue weighted by atomic mass is 35.5. The molecule has 7 heteroatoms. The zero-order chi connectivity index (χ0) is 12.8. The highest BCUT2D eigenvalue weighted by Crippen LogP contribution is 2.24. The molecule has 17 heavy (non-hydrogen) atoms. The van der Waals surface area contributed by atoms with Crippen LogP contribution >= 0.6 is 23.2 Å². The van der Waals surface area contributed by atoms with Crippen molar-refractivity contribution in [3.05, 3.63) is 28.2 Å². The molecule has 0 spiro atoms. The van der Waals surface area contributed by atoms with Crippen molar-refractivity contribution in [2.24, 2.45) is 10.8 Å². The maximum Gasteiger partial charge on any atom is 0.339 e. The van der Waals surface area contributed by atoms with E-state index < -0.39 is 6.03 Å². The van der Waals surface area contributed by atoms with Crippen LogP contribution in [0.15, 0.2) is 23.3 Å². The molecule has 0 heterocycles. The third-order valence-corrected chi connectivity index (χ3v) is 2.56. The van der Waals surface area contributed by atoms with Gasteiger partial charge in [0, 0.05) is 17.9 Å². The molecule has 0 aromatic heterocycles. The number of anilines is 1. The first-order chi connectivity index (χ1) is 8.02. The fraction of sp³-hybridized carbons (Fsp3) is 0.200. The number of benzene rings is 1. The average Bonchev–Trinajstić information content (AvgIpc) is 2.31. The number of urea groups is 1. The first kappa shape index (κ1) is 13.8. The quantitative estimate of drug-likeness (QED) is 0.585. The van der Waals surface area contributed by atoms with E-state index >= 15 is 0 Å². The molecule has 0 bridgehead atoms. The Labute approximate surface area is 109 Å². The predicted octanol–water partition coefficient (Wildman–Crippen LogP) is 2.45. The van der Waals surface area contributed by atoms with E-state index in [1.165, 1.54) is 0 Å². The topological polar surface area (TPSA) is 79.5 Å². The summed E-state index contributed by atoms with van der Waals surface area (Å²) in [4.78, 5) is 11.4. The first-order valence-corrected chi connectivity index (χ1v) is 5.54. The number of nitrogens with one attached hydrogen (secondary N) is 2. The molecule has 0 fully saturated rings. The molecule has 92 valence electrons. The van der Waals surface area contributed by atoms with Gasteiger partial charge in [0.1, 0.15) is 0 Å². The predicted molar refractivity (Wildman–Crippen MR) is 70.8 cm³/mol. The Balaban J connectivity index is 2.59. The molecule has 5 nitrogen and oxygen atoms in total. The fourth-order valence-corrected chi connectivity index (χ4v) is 1.22. The monoisotopic (exact) mass is 274 g/mol. The summed E-state index contributed by atoms with van der Waals surface area (Å²) in [6, 6.07) is 4.29. The Morgan fingerprint density at radius 3 is 2.71 bits per heavy atom. The third kappa shape index (κ3) is 4.60. The summed E-state index contributed by atoms with van der Waals surface area (Å²) in [5.74, 6) is 0. The highest BCUT2D eigenvalue weighted by molar-refractivity contribution is 6.42. The molecule has 2 amide bonds. The lowest BCUT2D eigenvalue weighted by atomic mass is 10.3. The third-order valence-electron chi connectivity index (χ3n) is 1.82. The first-order valence-electron chi connectivity index (χ1n) is 4.78. The van der Waals surface area contributed by atoms with Crippen LogP contribution in [0, 0.1) is 0 Å². The molecule has 0 radical (unpaired) electrons. The van der Waals surface area contributed by atoms with E-state index in [2.05, 4.69) is 15.8 Å². The summed E-state index contributed by atoms with van der Waals surface area (Å²) >= 11 is 11.5. The Morgan fingerprint density at radius 1 is 1.41 bits per heavy atom. The van der Waals surface area contributed by atoms with Crippen LogP contribution in [-0.2, 0) is 0 Å². The molecule has 1 rings (SSSR count). The lowest BCUT2D eigenvalue weighted by molar-refractivity contribution is 0.252. The molecule has 0 saturated heterocycles. The van der Waals surface area contributed by atoms with Gasteiger partial charge in [-0.15, -0.1) is 0 Å². The van der Waals surface area contributed by atoms with Gasteiger partial charge in [-0.2, -0.15) is 5.10 Å². The Hall–Kier alpha value is -1.30. The zero-order valence-electron chi connectivity index (χ0n) is 9.13. The molecule has 4 N–H and O–H groups in total. The fourth-order valence-electron chi connectivity index (χ4n) is 0.925. The zero-order valence-corrected chi connectivity index (χ0v) is 10.6. The summed E-state index contributed by atoms with van der Waals surface area (Å²) in [6.45, 7) is 1.99. The standard InChI is InChI=1S/C10H12Cl2N4O/c1-6(5-13)15-16-10(17)14-7-2-3-8(11)9(12)4-7/h2-4H,5,13H2,1H3,(H2,14,16,17)/b15-6+. The van der Waals surface area contributed by atoms with E-state index in [1.54, 1.807) is 25.1 Å². The number of carbonyl (C=O) groups excluding carboxylic acids is 1. The average molecular weight is 275 g/mol. The van der Waals surface area contributed by atoms with E-state index in [0.717, 1.165) is 0 Å². The number of nitrogens with two attached hydrogens (primary N) is 1. The number of hydrazone groups is 1. The molecule has 0 aliphatic carbocycles. The van der Waals surface area contributed by atoms with Crippen molar-refractivity contribution in [3.8, 4) is 0 Å². The second kappa shape index (κ2) is 6.44. The van der Waals surface area contributed by atoms with Crippen LogP contribution < -0.4 is 16.5 Å². The lowest BCUT2D eigenvalue weighted by Gasteiger charge is -2.05. The van der Waals surface area contributed by atoms with Crippen molar-refractivity contribution >= 4 is 40.6 Å². The molecule has 0 aliphatic rings. The maximum absolute atomic E-state index is 11.4. The number of carbonyl (C=O) groups is 1. The molecule has 1 aromatic carbocycles. The minimum Gasteiger partial charge on any atom is -0.325 e. The van der Waals surface area contributed by atoms with Gasteiger partial charge in [0.05, 0.1) is 10.0 Å². The van der Waals surface area contributed by atoms with Crippen molar-refractivity contribution in [2.45, 2.75) is 6.92 Å². The van der Waals surface area contributed by atoms with Crippen molar-refractivity contribution < 1.29 is 4.79 Å². The van der Waals surface area contributed by atoms with Gasteiger partial charge in [-0.25, -0.2) is 10.2 Å². The van der Waals surface area contributed by atoms with Crippen molar-refractivity contribution in [2.75, 3.05) is 11.9 Å². The summed E-state index contributed by atoms with van der Waals surface area (Å²) in [5.41, 5.74) is 8.76. The summed E-state index contributed by atoms with van der Waals surface area (Å²) in [6.07, 6.45) is 0. The smallest absolute Gasteiger partial charge is 0.325 e. The number of hydrogen-bond donors (Lipinski definition) is 3. The van der Waals surface area contributed by atoms with Gasteiger partial charge in [-0.05, 0) is 25.1 Å². The Bertz CT molecular complexity index is 448. The normalized spacial score (nSPS) is 11.2. The summed E-state index contributed by atoms with van der Waals surface area (Å²) in [7, 11) is 0. The minimum absolute atomic E-state index is 0.285. The minimum atomic E-state index is -0.476. The summed E-state index contributed by atoms with van der Waals surface area (Å²) < 4.78 is 0. The number of halogens is 2. The van der Waals surface area contributed by atoms with Crippen LogP contribution in [-0.4, -0.2) is 18.3 Å². The van der Waals surface area contributed by atoms with E-state index in [4.69, 9.17) is 28.9 Å².